The Morgan fingerprint density at radius 3 is 1.15 bits per heavy atom. The molecule has 0 atom stereocenters. The fourth-order valence-electron chi connectivity index (χ4n) is 9.88. The molecule has 0 spiro atoms. The van der Waals surface area contributed by atoms with Gasteiger partial charge < -0.3 is 21.7 Å². The van der Waals surface area contributed by atoms with E-state index in [1.54, 1.807) is 45.9 Å². The van der Waals surface area contributed by atoms with Crippen molar-refractivity contribution < 1.29 is 53.0 Å². The summed E-state index contributed by atoms with van der Waals surface area (Å²) < 4.78 is 131. The van der Waals surface area contributed by atoms with Crippen LogP contribution in [0.3, 0.4) is 0 Å². The maximum absolute atomic E-state index is 13.8. The first-order valence-corrected chi connectivity index (χ1v) is 33.9. The highest BCUT2D eigenvalue weighted by atomic mass is 32.2. The van der Waals surface area contributed by atoms with Crippen LogP contribution in [0.15, 0.2) is 216 Å². The number of aromatic hydroxyl groups is 2. The summed E-state index contributed by atoms with van der Waals surface area (Å²) in [6, 6.07) is 35.3. The molecule has 0 aromatic heterocycles. The highest BCUT2D eigenvalue weighted by molar-refractivity contribution is 7.93. The molecule has 0 heterocycles. The first kappa shape index (κ1) is 66.2. The van der Waals surface area contributed by atoms with Crippen LogP contribution in [0.1, 0.15) is 44.5 Å². The Morgan fingerprint density at radius 1 is 0.351 bits per heavy atom. The van der Waals surface area contributed by atoms with Gasteiger partial charge in [-0.15, -0.1) is 20.5 Å². The molecule has 0 bridgehead atoms. The molecule has 0 aliphatic heterocycles. The predicted molar refractivity (Wildman–Crippen MR) is 359 cm³/mol. The van der Waals surface area contributed by atoms with E-state index in [0.717, 1.165) is 34.4 Å². The number of phenolic OH excluding ortho intramolecular Hbond substituents is 2. The number of benzene rings is 10. The van der Waals surface area contributed by atoms with Crippen molar-refractivity contribution in [2.75, 3.05) is 20.9 Å². The normalized spacial score (nSPS) is 12.7. The summed E-state index contributed by atoms with van der Waals surface area (Å²) in [6.07, 6.45) is 0. The Morgan fingerprint density at radius 2 is 0.702 bits per heavy atom. The number of hydrogen-bond acceptors (Lipinski definition) is 22. The van der Waals surface area contributed by atoms with Gasteiger partial charge in [0.05, 0.1) is 71.7 Å². The van der Waals surface area contributed by atoms with Gasteiger partial charge in [0.25, 0.3) is 40.3 Å². The minimum atomic E-state index is -5.00. The predicted octanol–water partition coefficient (Wildman–Crippen LogP) is 17.2. The maximum Gasteiger partial charge on any atom is 0.296 e. The maximum atomic E-state index is 13.8. The van der Waals surface area contributed by atoms with Gasteiger partial charge >= 0.3 is 0 Å². The van der Waals surface area contributed by atoms with Crippen LogP contribution in [0.25, 0.3) is 21.5 Å². The van der Waals surface area contributed by atoms with Gasteiger partial charge in [-0.25, -0.2) is 16.8 Å². The van der Waals surface area contributed by atoms with Crippen molar-refractivity contribution in [1.82, 2.24) is 0 Å². The highest BCUT2D eigenvalue weighted by Gasteiger charge is 2.27. The number of nitrogens with two attached hydrogens (primary N) is 2. The van der Waals surface area contributed by atoms with Crippen molar-refractivity contribution in [3.8, 4) is 11.5 Å². The van der Waals surface area contributed by atoms with Crippen LogP contribution in [0.4, 0.5) is 79.6 Å². The summed E-state index contributed by atoms with van der Waals surface area (Å²) in [5.41, 5.74) is 20.3. The topological polar surface area (TPSA) is 417 Å². The van der Waals surface area contributed by atoms with Crippen LogP contribution < -0.4 is 20.9 Å². The minimum Gasteiger partial charge on any atom is -0.505 e. The van der Waals surface area contributed by atoms with Crippen LogP contribution >= 0.6 is 0 Å². The zero-order chi connectivity index (χ0) is 67.9. The van der Waals surface area contributed by atoms with Crippen LogP contribution in [-0.4, -0.2) is 53.0 Å². The fourth-order valence-corrected chi connectivity index (χ4v) is 13.4. The molecule has 0 aliphatic carbocycles. The molecule has 10 aromatic rings. The molecule has 480 valence electrons. The molecular formula is C64H58N14O12S4. The van der Waals surface area contributed by atoms with Gasteiger partial charge in [0.2, 0.25) is 0 Å². The molecule has 0 saturated heterocycles. The number of nitrogen functional groups attached to an aromatic ring is 2. The van der Waals surface area contributed by atoms with Crippen molar-refractivity contribution in [2.24, 2.45) is 51.1 Å². The number of anilines is 4. The van der Waals surface area contributed by atoms with Crippen LogP contribution in [0, 0.1) is 55.4 Å². The van der Waals surface area contributed by atoms with Gasteiger partial charge in [-0.2, -0.15) is 47.5 Å². The van der Waals surface area contributed by atoms with E-state index in [1.807, 2.05) is 52.0 Å². The summed E-state index contributed by atoms with van der Waals surface area (Å²) in [5.74, 6) is -1.45. The lowest BCUT2D eigenvalue weighted by Crippen LogP contribution is -2.13. The molecule has 10 aromatic carbocycles. The number of nitrogens with one attached hydrogen (secondary N) is 2. The molecule has 0 amide bonds. The molecule has 0 fully saturated rings. The van der Waals surface area contributed by atoms with Crippen LogP contribution in [0.5, 0.6) is 11.5 Å². The van der Waals surface area contributed by atoms with Crippen LogP contribution in [0.2, 0.25) is 0 Å². The highest BCUT2D eigenvalue weighted by Crippen LogP contribution is 2.49. The van der Waals surface area contributed by atoms with E-state index >= 15 is 0 Å². The lowest BCUT2D eigenvalue weighted by atomic mass is 10.0. The second-order valence-corrected chi connectivity index (χ2v) is 28.1. The van der Waals surface area contributed by atoms with Crippen LogP contribution in [-0.2, 0) is 40.3 Å². The first-order valence-electron chi connectivity index (χ1n) is 28.1. The molecule has 30 heteroatoms. The summed E-state index contributed by atoms with van der Waals surface area (Å²) in [6.45, 7) is 14.5. The zero-order valence-corrected chi connectivity index (χ0v) is 54.4. The molecular weight excluding hydrogens is 1290 g/mol. The standard InChI is InChI=1S/C64H58N14O12S4/c1-33-9-11-43(12-10-33)68-73-59-39(7)27-41-30-53(93(85,86)87)61(63(79)55(41)57(59)65)75-70-46-19-23-49(24-20-46)92(83,84)78-52-32-51(37(5)26-38(52)6)71-67-44-13-15-47(16-14-44)77-91(81,82)48-21-17-45(18-22-48)69-76-62-54(94(88,89)90)31-42-28-40(8)60(58(66)56(42)64(62)80)74-72-50-29-35(3)34(2)25-36(50)4/h9-32,77-80H,65-66H2,1-8H3,(H,85,86,87)(H,88,89,90). The van der Waals surface area contributed by atoms with E-state index in [4.69, 9.17) is 11.5 Å². The second-order valence-electron chi connectivity index (χ2n) is 22.0. The van der Waals surface area contributed by atoms with E-state index < -0.39 is 72.9 Å². The van der Waals surface area contributed by atoms with Crippen molar-refractivity contribution in [3.63, 3.8) is 0 Å². The zero-order valence-electron chi connectivity index (χ0n) is 51.2. The Balaban J connectivity index is 0.806. The number of azo groups is 5. The number of hydrogen-bond donors (Lipinski definition) is 8. The average Bonchev–Trinajstić information content (AvgIpc) is 0.756. The number of rotatable bonds is 18. The quantitative estimate of drug-likeness (QED) is 0.0225. The van der Waals surface area contributed by atoms with E-state index in [-0.39, 0.29) is 82.5 Å². The van der Waals surface area contributed by atoms with Gasteiger partial charge in [0, 0.05) is 5.69 Å². The molecule has 26 nitrogen and oxygen atoms in total. The number of aryl methyl sites for hydroxylation is 8. The minimum absolute atomic E-state index is 0.0293. The Hall–Kier alpha value is -10.8. The van der Waals surface area contributed by atoms with E-state index in [2.05, 4.69) is 60.6 Å². The number of nitrogens with zero attached hydrogens (tertiary/aromatic N) is 10. The summed E-state index contributed by atoms with van der Waals surface area (Å²) >= 11 is 0. The third-order valence-corrected chi connectivity index (χ3v) is 19.5. The number of fused-ring (bicyclic) bond motifs is 2. The van der Waals surface area contributed by atoms with E-state index in [1.165, 1.54) is 91.0 Å². The van der Waals surface area contributed by atoms with Gasteiger partial charge in [0.15, 0.2) is 11.5 Å². The van der Waals surface area contributed by atoms with Gasteiger partial charge in [-0.1, -0.05) is 29.8 Å². The van der Waals surface area contributed by atoms with Gasteiger partial charge in [-0.05, 0) is 226 Å². The smallest absolute Gasteiger partial charge is 0.296 e. The Bertz CT molecular complexity index is 5400. The SMILES string of the molecule is Cc1ccc(N=Nc2c(C)cc3cc(S(=O)(=O)O)c(N=Nc4ccc(S(=O)(=O)Nc5cc(N=Nc6ccc(NS(=O)(=O)c7ccc(N=Nc8c(S(=O)(=O)O)cc9cc(C)c(N=Nc%10cc(C)c(C)cc%10C)c(N)c9c8O)cc7)cc6)c(C)cc5C)cc4)c(O)c3c2N)cc1. The summed E-state index contributed by atoms with van der Waals surface area (Å²) in [4.78, 5) is -1.94. The van der Waals surface area contributed by atoms with E-state index in [9.17, 15) is 53.0 Å². The molecule has 10 N–H and O–H groups in total. The Labute approximate surface area is 539 Å². The molecule has 0 aliphatic rings. The number of phenols is 2. The fraction of sp³-hybridized carbons (Fsp3) is 0.125. The first-order chi connectivity index (χ1) is 44.3. The molecule has 94 heavy (non-hydrogen) atoms. The Kier molecular flexibility index (Phi) is 18.1. The molecule has 10 rings (SSSR count). The summed E-state index contributed by atoms with van der Waals surface area (Å²) in [7, 11) is -18.5. The molecule has 0 radical (unpaired) electrons. The lowest BCUT2D eigenvalue weighted by Gasteiger charge is -2.14. The molecule has 0 saturated carbocycles. The van der Waals surface area contributed by atoms with Crippen molar-refractivity contribution >= 4 is 141 Å². The van der Waals surface area contributed by atoms with Gasteiger partial charge in [-0.3, -0.25) is 18.5 Å². The number of sulfonamides is 2. The largest absolute Gasteiger partial charge is 0.505 e. The second kappa shape index (κ2) is 25.7. The average molecular weight is 1340 g/mol. The molecule has 0 unspecified atom stereocenters. The summed E-state index contributed by atoms with van der Waals surface area (Å²) in [5, 5.41) is 65.2. The van der Waals surface area contributed by atoms with Gasteiger partial charge in [0.1, 0.15) is 32.5 Å². The third kappa shape index (κ3) is 14.2. The third-order valence-electron chi connectivity index (χ3n) is 15.0. The lowest BCUT2D eigenvalue weighted by molar-refractivity contribution is 0.472. The van der Waals surface area contributed by atoms with Crippen molar-refractivity contribution in [1.29, 1.82) is 0 Å². The monoisotopic (exact) mass is 1340 g/mol. The van der Waals surface area contributed by atoms with Crippen molar-refractivity contribution in [2.45, 2.75) is 75.0 Å². The van der Waals surface area contributed by atoms with E-state index in [0.29, 0.717) is 39.3 Å². The van der Waals surface area contributed by atoms with Crippen molar-refractivity contribution in [3.05, 3.63) is 190 Å².